The molecule has 0 saturated heterocycles. The standard InChI is InChI=1S/C11H19N5O4S/c1-11(2,3)20-10(19)12-7(9(17)18)5-21-6-8-13-15-16(4)14-8/h7H,5-6H2,1-4H3,(H,12,19)(H,17,18). The second kappa shape index (κ2) is 7.25. The van der Waals surface area contributed by atoms with Crippen LogP contribution >= 0.6 is 11.8 Å². The Morgan fingerprint density at radius 3 is 2.62 bits per heavy atom. The van der Waals surface area contributed by atoms with Gasteiger partial charge in [-0.05, 0) is 26.0 Å². The largest absolute Gasteiger partial charge is 0.480 e. The Kier molecular flexibility index (Phi) is 5.94. The van der Waals surface area contributed by atoms with Crippen molar-refractivity contribution in [2.45, 2.75) is 38.2 Å². The van der Waals surface area contributed by atoms with E-state index in [1.165, 1.54) is 16.6 Å². The van der Waals surface area contributed by atoms with Crippen molar-refractivity contribution in [2.24, 2.45) is 7.05 Å². The van der Waals surface area contributed by atoms with E-state index in [2.05, 4.69) is 20.7 Å². The minimum absolute atomic E-state index is 0.173. The highest BCUT2D eigenvalue weighted by Crippen LogP contribution is 2.11. The predicted molar refractivity (Wildman–Crippen MR) is 75.8 cm³/mol. The van der Waals surface area contributed by atoms with Gasteiger partial charge in [0.1, 0.15) is 11.6 Å². The minimum atomic E-state index is -1.12. The van der Waals surface area contributed by atoms with E-state index >= 15 is 0 Å². The van der Waals surface area contributed by atoms with Crippen LogP contribution in [0.1, 0.15) is 26.6 Å². The normalized spacial score (nSPS) is 12.8. The monoisotopic (exact) mass is 317 g/mol. The summed E-state index contributed by atoms with van der Waals surface area (Å²) in [6.45, 7) is 5.12. The molecule has 0 spiro atoms. The second-order valence-electron chi connectivity index (χ2n) is 5.25. The van der Waals surface area contributed by atoms with E-state index in [1.807, 2.05) is 0 Å². The van der Waals surface area contributed by atoms with Crippen LogP contribution < -0.4 is 5.32 Å². The molecule has 1 aromatic rings. The first-order valence-corrected chi connectivity index (χ1v) is 7.36. The van der Waals surface area contributed by atoms with E-state index in [0.29, 0.717) is 11.6 Å². The smallest absolute Gasteiger partial charge is 0.408 e. The zero-order chi connectivity index (χ0) is 16.0. The van der Waals surface area contributed by atoms with E-state index in [9.17, 15) is 9.59 Å². The number of ether oxygens (including phenoxy) is 1. The summed E-state index contributed by atoms with van der Waals surface area (Å²) in [5.74, 6) is -0.0372. The van der Waals surface area contributed by atoms with Crippen molar-refractivity contribution in [3.05, 3.63) is 5.82 Å². The average molecular weight is 317 g/mol. The van der Waals surface area contributed by atoms with Crippen molar-refractivity contribution in [3.8, 4) is 0 Å². The topological polar surface area (TPSA) is 119 Å². The molecule has 118 valence electrons. The highest BCUT2D eigenvalue weighted by Gasteiger charge is 2.24. The number of aryl methyl sites for hydroxylation is 1. The molecule has 0 aliphatic carbocycles. The van der Waals surface area contributed by atoms with Crippen molar-refractivity contribution in [1.29, 1.82) is 0 Å². The van der Waals surface area contributed by atoms with Gasteiger partial charge in [0.2, 0.25) is 0 Å². The summed E-state index contributed by atoms with van der Waals surface area (Å²) in [4.78, 5) is 24.0. The van der Waals surface area contributed by atoms with Crippen LogP contribution in [0.5, 0.6) is 0 Å². The summed E-state index contributed by atoms with van der Waals surface area (Å²) in [5, 5.41) is 22.9. The number of nitrogens with one attached hydrogen (secondary N) is 1. The zero-order valence-electron chi connectivity index (χ0n) is 12.4. The lowest BCUT2D eigenvalue weighted by Crippen LogP contribution is -2.44. The fourth-order valence-corrected chi connectivity index (χ4v) is 2.15. The molecule has 10 heteroatoms. The lowest BCUT2D eigenvalue weighted by atomic mass is 10.2. The molecule has 9 nitrogen and oxygen atoms in total. The van der Waals surface area contributed by atoms with E-state index in [4.69, 9.17) is 9.84 Å². The van der Waals surface area contributed by atoms with Crippen LogP contribution in [0, 0.1) is 0 Å². The van der Waals surface area contributed by atoms with E-state index in [0.717, 1.165) is 0 Å². The number of alkyl carbamates (subject to hydrolysis) is 1. The van der Waals surface area contributed by atoms with Crippen LogP contribution in [-0.2, 0) is 22.3 Å². The average Bonchev–Trinajstić information content (AvgIpc) is 2.71. The number of rotatable bonds is 6. The molecular formula is C11H19N5O4S. The van der Waals surface area contributed by atoms with Gasteiger partial charge in [0.15, 0.2) is 5.82 Å². The first-order valence-electron chi connectivity index (χ1n) is 6.20. The number of carbonyl (C=O) groups is 2. The first kappa shape index (κ1) is 17.2. The Morgan fingerprint density at radius 2 is 2.14 bits per heavy atom. The van der Waals surface area contributed by atoms with Gasteiger partial charge in [-0.15, -0.1) is 10.2 Å². The van der Waals surface area contributed by atoms with Crippen molar-refractivity contribution >= 4 is 23.8 Å². The first-order chi connectivity index (χ1) is 9.67. The maximum atomic E-state index is 11.6. The van der Waals surface area contributed by atoms with Crippen LogP contribution in [0.4, 0.5) is 4.79 Å². The molecule has 0 aliphatic rings. The summed E-state index contributed by atoms with van der Waals surface area (Å²) in [7, 11) is 1.64. The molecule has 1 unspecified atom stereocenters. The minimum Gasteiger partial charge on any atom is -0.480 e. The molecule has 1 amide bonds. The SMILES string of the molecule is Cn1nnc(CSCC(NC(=O)OC(C)(C)C)C(=O)O)n1. The molecule has 0 fully saturated rings. The number of amides is 1. The molecule has 1 aromatic heterocycles. The van der Waals surface area contributed by atoms with Crippen LogP contribution in [0.3, 0.4) is 0 Å². The number of carbonyl (C=O) groups excluding carboxylic acids is 1. The van der Waals surface area contributed by atoms with Crippen molar-refractivity contribution in [2.75, 3.05) is 5.75 Å². The van der Waals surface area contributed by atoms with Crippen LogP contribution in [-0.4, -0.2) is 54.8 Å². The number of carboxylic acids is 1. The molecule has 0 aliphatic heterocycles. The van der Waals surface area contributed by atoms with Crippen molar-refractivity contribution < 1.29 is 19.4 Å². The lowest BCUT2D eigenvalue weighted by molar-refractivity contribution is -0.138. The predicted octanol–water partition coefficient (Wildman–Crippen LogP) is 0.421. The van der Waals surface area contributed by atoms with Gasteiger partial charge >= 0.3 is 12.1 Å². The molecule has 0 aromatic carbocycles. The van der Waals surface area contributed by atoms with Gasteiger partial charge in [-0.25, -0.2) is 9.59 Å². The quantitative estimate of drug-likeness (QED) is 0.774. The van der Waals surface area contributed by atoms with Gasteiger partial charge in [-0.2, -0.15) is 16.6 Å². The maximum absolute atomic E-state index is 11.6. The summed E-state index contributed by atoms with van der Waals surface area (Å²) in [5.41, 5.74) is -0.677. The van der Waals surface area contributed by atoms with Gasteiger partial charge in [0, 0.05) is 5.75 Å². The highest BCUT2D eigenvalue weighted by atomic mass is 32.2. The molecule has 1 heterocycles. The van der Waals surface area contributed by atoms with E-state index in [-0.39, 0.29) is 5.75 Å². The number of hydrogen-bond donors (Lipinski definition) is 2. The maximum Gasteiger partial charge on any atom is 0.408 e. The van der Waals surface area contributed by atoms with Gasteiger partial charge in [-0.3, -0.25) is 0 Å². The third kappa shape index (κ3) is 6.93. The summed E-state index contributed by atoms with van der Waals surface area (Å²) < 4.78 is 5.03. The lowest BCUT2D eigenvalue weighted by Gasteiger charge is -2.21. The number of tetrazole rings is 1. The van der Waals surface area contributed by atoms with Crippen molar-refractivity contribution in [3.63, 3.8) is 0 Å². The van der Waals surface area contributed by atoms with E-state index < -0.39 is 23.7 Å². The summed E-state index contributed by atoms with van der Waals surface area (Å²) in [6, 6.07) is -1.04. The van der Waals surface area contributed by atoms with Gasteiger partial charge in [0.25, 0.3) is 0 Å². The molecule has 2 N–H and O–H groups in total. The highest BCUT2D eigenvalue weighted by molar-refractivity contribution is 7.98. The Balaban J connectivity index is 2.43. The number of aromatic nitrogens is 4. The van der Waals surface area contributed by atoms with Crippen LogP contribution in [0.25, 0.3) is 0 Å². The zero-order valence-corrected chi connectivity index (χ0v) is 13.2. The summed E-state index contributed by atoms with van der Waals surface area (Å²) in [6.07, 6.45) is -0.756. The van der Waals surface area contributed by atoms with Crippen LogP contribution in [0.2, 0.25) is 0 Å². The Labute approximate surface area is 126 Å². The molecule has 0 saturated carbocycles. The second-order valence-corrected chi connectivity index (χ2v) is 6.28. The number of carboxylic acid groups (broad SMARTS) is 1. The third-order valence-electron chi connectivity index (χ3n) is 2.05. The van der Waals surface area contributed by atoms with Gasteiger partial charge < -0.3 is 15.2 Å². The fourth-order valence-electron chi connectivity index (χ4n) is 1.27. The Bertz CT molecular complexity index is 499. The molecule has 21 heavy (non-hydrogen) atoms. The Hall–Kier alpha value is -1.84. The number of nitrogens with zero attached hydrogens (tertiary/aromatic N) is 4. The summed E-state index contributed by atoms with van der Waals surface area (Å²) >= 11 is 1.29. The molecular weight excluding hydrogens is 298 g/mol. The number of thioether (sulfide) groups is 1. The molecule has 0 radical (unpaired) electrons. The number of hydrogen-bond acceptors (Lipinski definition) is 7. The fraction of sp³-hybridized carbons (Fsp3) is 0.727. The van der Waals surface area contributed by atoms with Gasteiger partial charge in [0.05, 0.1) is 12.8 Å². The van der Waals surface area contributed by atoms with E-state index in [1.54, 1.807) is 27.8 Å². The number of aliphatic carboxylic acids is 1. The molecule has 1 rings (SSSR count). The van der Waals surface area contributed by atoms with Gasteiger partial charge in [-0.1, -0.05) is 0 Å². The molecule has 1 atom stereocenters. The third-order valence-corrected chi connectivity index (χ3v) is 3.09. The van der Waals surface area contributed by atoms with Crippen LogP contribution in [0.15, 0.2) is 0 Å². The molecule has 0 bridgehead atoms. The Morgan fingerprint density at radius 1 is 1.48 bits per heavy atom. The van der Waals surface area contributed by atoms with Crippen molar-refractivity contribution in [1.82, 2.24) is 25.5 Å².